The average Bonchev–Trinajstić information content (AvgIpc) is 2.04. The van der Waals surface area contributed by atoms with Gasteiger partial charge in [-0.2, -0.15) is 0 Å². The average molecular weight is 172 g/mol. The van der Waals surface area contributed by atoms with Crippen molar-refractivity contribution in [3.63, 3.8) is 0 Å². The lowest BCUT2D eigenvalue weighted by molar-refractivity contribution is -0.425. The topological polar surface area (TPSA) is 51.2 Å². The van der Waals surface area contributed by atoms with Crippen molar-refractivity contribution in [3.05, 3.63) is 0 Å². The van der Waals surface area contributed by atoms with Crippen molar-refractivity contribution in [2.45, 2.75) is 18.9 Å². The Morgan fingerprint density at radius 3 is 2.33 bits per heavy atom. The first-order valence-electron chi connectivity index (χ1n) is 4.40. The Balaban J connectivity index is 2.39. The number of urea groups is 1. The lowest BCUT2D eigenvalue weighted by atomic mass is 10.1. The Kier molecular flexibility index (Phi) is 2.92. The maximum Gasteiger partial charge on any atom is 0.319 e. The quantitative estimate of drug-likeness (QED) is 0.520. The van der Waals surface area contributed by atoms with Gasteiger partial charge < -0.3 is 15.5 Å². The van der Waals surface area contributed by atoms with Gasteiger partial charge in [-0.1, -0.05) is 0 Å². The molecule has 4 nitrogen and oxygen atoms in total. The van der Waals surface area contributed by atoms with Crippen LogP contribution in [0.15, 0.2) is 0 Å². The van der Waals surface area contributed by atoms with Crippen molar-refractivity contribution < 1.29 is 10.5 Å². The van der Waals surface area contributed by atoms with Crippen molar-refractivity contribution in [2.24, 2.45) is 0 Å². The van der Waals surface area contributed by atoms with E-state index in [1.54, 1.807) is 19.0 Å². The zero-order valence-corrected chi connectivity index (χ0v) is 7.92. The van der Waals surface area contributed by atoms with E-state index in [0.29, 0.717) is 6.04 Å². The van der Waals surface area contributed by atoms with Gasteiger partial charge in [0.25, 0.3) is 0 Å². The molecule has 3 N–H and O–H groups in total. The van der Waals surface area contributed by atoms with Crippen molar-refractivity contribution in [1.82, 2.24) is 9.80 Å². The summed E-state index contributed by atoms with van der Waals surface area (Å²) in [5.41, 5.74) is 3.98. The second-order valence-corrected chi connectivity index (χ2v) is 3.61. The first kappa shape index (κ1) is 9.32. The minimum Gasteiger partial charge on any atom is -0.355 e. The van der Waals surface area contributed by atoms with Gasteiger partial charge in [-0.25, -0.2) is 4.79 Å². The van der Waals surface area contributed by atoms with Crippen LogP contribution in [-0.4, -0.2) is 49.1 Å². The molecule has 1 aliphatic rings. The van der Waals surface area contributed by atoms with Crippen LogP contribution in [0.25, 0.3) is 0 Å². The van der Waals surface area contributed by atoms with Crippen LogP contribution < -0.4 is 5.73 Å². The molecule has 12 heavy (non-hydrogen) atoms. The lowest BCUT2D eigenvalue weighted by Gasteiger charge is -2.30. The minimum absolute atomic E-state index is 0.127. The van der Waals surface area contributed by atoms with Crippen LogP contribution in [0, 0.1) is 0 Å². The Morgan fingerprint density at radius 2 is 1.92 bits per heavy atom. The Hall–Kier alpha value is -0.770. The zero-order valence-electron chi connectivity index (χ0n) is 7.92. The summed E-state index contributed by atoms with van der Waals surface area (Å²) in [5.74, 6) is 0. The molecule has 0 aromatic carbocycles. The number of hydrogen-bond donors (Lipinski definition) is 1. The van der Waals surface area contributed by atoms with Crippen LogP contribution in [0.3, 0.4) is 0 Å². The second kappa shape index (κ2) is 3.76. The van der Waals surface area contributed by atoms with Crippen LogP contribution in [0.4, 0.5) is 4.79 Å². The summed E-state index contributed by atoms with van der Waals surface area (Å²) >= 11 is 0. The lowest BCUT2D eigenvalue weighted by Crippen LogP contribution is -2.65. The van der Waals surface area contributed by atoms with Crippen LogP contribution in [0.5, 0.6) is 0 Å². The third-order valence-corrected chi connectivity index (χ3v) is 2.27. The molecule has 0 aliphatic carbocycles. The van der Waals surface area contributed by atoms with E-state index in [-0.39, 0.29) is 6.03 Å². The Labute approximate surface area is 73.3 Å². The third-order valence-electron chi connectivity index (χ3n) is 2.27. The predicted octanol–water partition coefficient (Wildman–Crippen LogP) is -0.626. The van der Waals surface area contributed by atoms with Crippen molar-refractivity contribution >= 4 is 6.03 Å². The number of amides is 2. The molecule has 1 heterocycles. The molecule has 0 aromatic rings. The molecule has 0 unspecified atom stereocenters. The first-order valence-corrected chi connectivity index (χ1v) is 4.40. The molecular weight excluding hydrogens is 154 g/mol. The summed E-state index contributed by atoms with van der Waals surface area (Å²) in [6.07, 6.45) is 2.08. The normalized spacial score (nSPS) is 19.4. The maximum absolute atomic E-state index is 11.4. The van der Waals surface area contributed by atoms with E-state index in [1.165, 1.54) is 0 Å². The number of carbonyl (C=O) groups is 1. The molecule has 2 amide bonds. The molecule has 4 heteroatoms. The summed E-state index contributed by atoms with van der Waals surface area (Å²) in [7, 11) is 3.58. The second-order valence-electron chi connectivity index (χ2n) is 3.61. The molecule has 1 aliphatic heterocycles. The number of rotatable bonds is 0. The Morgan fingerprint density at radius 1 is 1.42 bits per heavy atom. The largest absolute Gasteiger partial charge is 0.355 e. The van der Waals surface area contributed by atoms with Gasteiger partial charge in [-0.05, 0) is 0 Å². The molecule has 0 atom stereocenters. The highest BCUT2D eigenvalue weighted by atomic mass is 16.2. The van der Waals surface area contributed by atoms with Crippen molar-refractivity contribution in [2.75, 3.05) is 27.2 Å². The van der Waals surface area contributed by atoms with Crippen LogP contribution >= 0.6 is 0 Å². The van der Waals surface area contributed by atoms with E-state index in [4.69, 9.17) is 0 Å². The van der Waals surface area contributed by atoms with Gasteiger partial charge in [-0.15, -0.1) is 0 Å². The molecule has 0 saturated carbocycles. The minimum atomic E-state index is 0.127. The highest BCUT2D eigenvalue weighted by molar-refractivity contribution is 5.73. The van der Waals surface area contributed by atoms with Crippen LogP contribution in [0.1, 0.15) is 12.8 Å². The smallest absolute Gasteiger partial charge is 0.319 e. The van der Waals surface area contributed by atoms with Crippen LogP contribution in [-0.2, 0) is 0 Å². The van der Waals surface area contributed by atoms with Gasteiger partial charge >= 0.3 is 6.03 Å². The molecule has 0 aromatic heterocycles. The van der Waals surface area contributed by atoms with E-state index in [2.05, 4.69) is 5.73 Å². The molecule has 0 spiro atoms. The standard InChI is InChI=1S/C8H17N3O/c1-10(2)8(12)11-5-3-7(9)4-6-11/h7H,3-6,9H2,1-2H3/p+1. The summed E-state index contributed by atoms with van der Waals surface area (Å²) < 4.78 is 0. The van der Waals surface area contributed by atoms with Gasteiger partial charge in [0.1, 0.15) is 0 Å². The van der Waals surface area contributed by atoms with Gasteiger partial charge in [-0.3, -0.25) is 0 Å². The van der Waals surface area contributed by atoms with Crippen molar-refractivity contribution in [1.29, 1.82) is 0 Å². The fourth-order valence-electron chi connectivity index (χ4n) is 1.41. The number of piperidine rings is 1. The van der Waals surface area contributed by atoms with E-state index >= 15 is 0 Å². The predicted molar refractivity (Wildman–Crippen MR) is 46.6 cm³/mol. The summed E-state index contributed by atoms with van der Waals surface area (Å²) in [4.78, 5) is 15.0. The van der Waals surface area contributed by atoms with E-state index in [1.807, 2.05) is 4.90 Å². The molecule has 1 fully saturated rings. The summed E-state index contributed by atoms with van der Waals surface area (Å²) in [6, 6.07) is 0.665. The SMILES string of the molecule is CN(C)C(=O)N1CCC([NH3+])CC1. The molecule has 0 radical (unpaired) electrons. The molecule has 70 valence electrons. The van der Waals surface area contributed by atoms with Gasteiger partial charge in [0.15, 0.2) is 0 Å². The highest BCUT2D eigenvalue weighted by Gasteiger charge is 2.22. The molecule has 0 bridgehead atoms. The number of nitrogens with zero attached hydrogens (tertiary/aromatic N) is 2. The van der Waals surface area contributed by atoms with Gasteiger partial charge in [0, 0.05) is 40.0 Å². The molecule has 1 saturated heterocycles. The monoisotopic (exact) mass is 172 g/mol. The molecular formula is C8H18N3O+. The maximum atomic E-state index is 11.4. The van der Waals surface area contributed by atoms with E-state index < -0.39 is 0 Å². The van der Waals surface area contributed by atoms with Gasteiger partial charge in [0.05, 0.1) is 6.04 Å². The summed E-state index contributed by atoms with van der Waals surface area (Å²) in [5, 5.41) is 0. The first-order chi connectivity index (χ1) is 5.61. The summed E-state index contributed by atoms with van der Waals surface area (Å²) in [6.45, 7) is 1.73. The Bertz CT molecular complexity index is 162. The van der Waals surface area contributed by atoms with Gasteiger partial charge in [0.2, 0.25) is 0 Å². The van der Waals surface area contributed by atoms with E-state index in [9.17, 15) is 4.79 Å². The fourth-order valence-corrected chi connectivity index (χ4v) is 1.41. The number of likely N-dealkylation sites (tertiary alicyclic amines) is 1. The molecule has 1 rings (SSSR count). The zero-order chi connectivity index (χ0) is 9.14. The van der Waals surface area contributed by atoms with Crippen molar-refractivity contribution in [3.8, 4) is 0 Å². The highest BCUT2D eigenvalue weighted by Crippen LogP contribution is 2.08. The van der Waals surface area contributed by atoms with Crippen LogP contribution in [0.2, 0.25) is 0 Å². The number of carbonyl (C=O) groups excluding carboxylic acids is 1. The number of hydrogen-bond acceptors (Lipinski definition) is 1. The third kappa shape index (κ3) is 2.11. The fraction of sp³-hybridized carbons (Fsp3) is 0.875. The van der Waals surface area contributed by atoms with E-state index in [0.717, 1.165) is 25.9 Å². The number of quaternary nitrogens is 1.